The lowest BCUT2D eigenvalue weighted by molar-refractivity contribution is -0.137. The fraction of sp³-hybridized carbons (Fsp3) is 0.308. The number of rotatable bonds is 6. The topological polar surface area (TPSA) is 83.7 Å². The Labute approximate surface area is 110 Å². The molecule has 19 heavy (non-hydrogen) atoms. The van der Waals surface area contributed by atoms with Crippen LogP contribution in [0.25, 0.3) is 5.65 Å². The summed E-state index contributed by atoms with van der Waals surface area (Å²) in [6, 6.07) is 5.65. The van der Waals surface area contributed by atoms with Gasteiger partial charge in [0.05, 0.1) is 12.1 Å². The van der Waals surface area contributed by atoms with Gasteiger partial charge in [-0.25, -0.2) is 4.98 Å². The number of aromatic nitrogens is 2. The average Bonchev–Trinajstić information content (AvgIpc) is 2.76. The summed E-state index contributed by atoms with van der Waals surface area (Å²) in [5.41, 5.74) is 1.50. The van der Waals surface area contributed by atoms with Gasteiger partial charge in [-0.05, 0) is 18.6 Å². The van der Waals surface area contributed by atoms with Crippen LogP contribution in [0.2, 0.25) is 0 Å². The Morgan fingerprint density at radius 3 is 2.95 bits per heavy atom. The normalized spacial score (nSPS) is 10.5. The number of nitrogens with zero attached hydrogens (tertiary/aromatic N) is 2. The first-order chi connectivity index (χ1) is 9.15. The standard InChI is InChI=1S/C13H15N3O3/c17-12(14-6-3-5-13(18)19)8-10-9-16-7-2-1-4-11(16)15-10/h1-2,4,7,9H,3,5-6,8H2,(H,14,17)(H,18,19). The van der Waals surface area contributed by atoms with Crippen molar-refractivity contribution in [3.8, 4) is 0 Å². The molecule has 0 radical (unpaired) electrons. The van der Waals surface area contributed by atoms with Crippen molar-refractivity contribution in [3.63, 3.8) is 0 Å². The number of carbonyl (C=O) groups is 2. The van der Waals surface area contributed by atoms with Crippen LogP contribution in [0, 0.1) is 0 Å². The fourth-order valence-corrected chi connectivity index (χ4v) is 1.77. The molecule has 2 aromatic rings. The van der Waals surface area contributed by atoms with Gasteiger partial charge in [0.25, 0.3) is 0 Å². The molecule has 0 spiro atoms. The first kappa shape index (κ1) is 13.1. The van der Waals surface area contributed by atoms with Gasteiger partial charge >= 0.3 is 5.97 Å². The van der Waals surface area contributed by atoms with E-state index >= 15 is 0 Å². The van der Waals surface area contributed by atoms with Crippen molar-refractivity contribution in [2.75, 3.05) is 6.54 Å². The van der Waals surface area contributed by atoms with E-state index in [1.54, 1.807) is 0 Å². The number of nitrogens with one attached hydrogen (secondary N) is 1. The Balaban J connectivity index is 1.83. The van der Waals surface area contributed by atoms with Crippen LogP contribution >= 0.6 is 0 Å². The maximum Gasteiger partial charge on any atom is 0.303 e. The van der Waals surface area contributed by atoms with Crippen LogP contribution in [0.3, 0.4) is 0 Å². The quantitative estimate of drug-likeness (QED) is 0.755. The summed E-state index contributed by atoms with van der Waals surface area (Å²) in [5, 5.41) is 11.1. The van der Waals surface area contributed by atoms with Crippen LogP contribution in [-0.4, -0.2) is 32.9 Å². The van der Waals surface area contributed by atoms with Gasteiger partial charge in [-0.1, -0.05) is 6.07 Å². The van der Waals surface area contributed by atoms with Crippen LogP contribution in [-0.2, 0) is 16.0 Å². The number of carboxylic acid groups (broad SMARTS) is 1. The molecule has 0 bridgehead atoms. The number of imidazole rings is 1. The Bertz CT molecular complexity index is 559. The van der Waals surface area contributed by atoms with E-state index in [0.29, 0.717) is 18.7 Å². The van der Waals surface area contributed by atoms with Gasteiger partial charge in [0.15, 0.2) is 0 Å². The highest BCUT2D eigenvalue weighted by Gasteiger charge is 2.07. The van der Waals surface area contributed by atoms with E-state index in [9.17, 15) is 9.59 Å². The summed E-state index contributed by atoms with van der Waals surface area (Å²) >= 11 is 0. The summed E-state index contributed by atoms with van der Waals surface area (Å²) in [6.45, 7) is 0.374. The molecule has 0 saturated heterocycles. The van der Waals surface area contributed by atoms with Gasteiger partial charge in [0, 0.05) is 25.4 Å². The second-order valence-electron chi connectivity index (χ2n) is 4.22. The van der Waals surface area contributed by atoms with Crippen LogP contribution in [0.5, 0.6) is 0 Å². The fourth-order valence-electron chi connectivity index (χ4n) is 1.77. The molecule has 0 aliphatic rings. The van der Waals surface area contributed by atoms with E-state index in [-0.39, 0.29) is 18.7 Å². The molecular formula is C13H15N3O3. The van der Waals surface area contributed by atoms with E-state index in [0.717, 1.165) is 5.65 Å². The third-order valence-electron chi connectivity index (χ3n) is 2.65. The van der Waals surface area contributed by atoms with Crippen LogP contribution < -0.4 is 5.32 Å². The van der Waals surface area contributed by atoms with Crippen molar-refractivity contribution >= 4 is 17.5 Å². The first-order valence-corrected chi connectivity index (χ1v) is 6.06. The third kappa shape index (κ3) is 3.80. The molecule has 1 amide bonds. The minimum absolute atomic E-state index is 0.0641. The van der Waals surface area contributed by atoms with E-state index in [4.69, 9.17) is 5.11 Å². The highest BCUT2D eigenvalue weighted by molar-refractivity contribution is 5.78. The number of fused-ring (bicyclic) bond motifs is 1. The summed E-state index contributed by atoms with van der Waals surface area (Å²) in [6.07, 6.45) is 4.39. The van der Waals surface area contributed by atoms with E-state index in [1.807, 2.05) is 35.0 Å². The van der Waals surface area contributed by atoms with Gasteiger partial charge < -0.3 is 14.8 Å². The zero-order valence-corrected chi connectivity index (χ0v) is 10.4. The van der Waals surface area contributed by atoms with E-state index in [1.165, 1.54) is 0 Å². The number of hydrogen-bond donors (Lipinski definition) is 2. The Kier molecular flexibility index (Phi) is 4.12. The molecular weight excluding hydrogens is 246 g/mol. The third-order valence-corrected chi connectivity index (χ3v) is 2.65. The van der Waals surface area contributed by atoms with Gasteiger partial charge in [-0.15, -0.1) is 0 Å². The Morgan fingerprint density at radius 2 is 2.21 bits per heavy atom. The molecule has 0 aliphatic carbocycles. The lowest BCUT2D eigenvalue weighted by atomic mass is 10.3. The van der Waals surface area contributed by atoms with Gasteiger partial charge in [0.2, 0.25) is 5.91 Å². The molecule has 2 heterocycles. The maximum atomic E-state index is 11.6. The number of carbonyl (C=O) groups excluding carboxylic acids is 1. The number of pyridine rings is 1. The molecule has 2 N–H and O–H groups in total. The van der Waals surface area contributed by atoms with Crippen molar-refractivity contribution in [2.45, 2.75) is 19.3 Å². The van der Waals surface area contributed by atoms with Crippen LogP contribution in [0.15, 0.2) is 30.6 Å². The molecule has 0 unspecified atom stereocenters. The van der Waals surface area contributed by atoms with Crippen molar-refractivity contribution in [1.29, 1.82) is 0 Å². The zero-order valence-electron chi connectivity index (χ0n) is 10.4. The molecule has 0 fully saturated rings. The predicted octanol–water partition coefficient (Wildman–Crippen LogP) is 0.858. The Morgan fingerprint density at radius 1 is 1.37 bits per heavy atom. The lowest BCUT2D eigenvalue weighted by Crippen LogP contribution is -2.26. The van der Waals surface area contributed by atoms with Gasteiger partial charge in [-0.2, -0.15) is 0 Å². The largest absolute Gasteiger partial charge is 0.481 e. The van der Waals surface area contributed by atoms with E-state index < -0.39 is 5.97 Å². The minimum Gasteiger partial charge on any atom is -0.481 e. The summed E-state index contributed by atoms with van der Waals surface area (Å²) in [5.74, 6) is -0.997. The first-order valence-electron chi connectivity index (χ1n) is 6.06. The highest BCUT2D eigenvalue weighted by Crippen LogP contribution is 2.04. The number of carboxylic acids is 1. The van der Waals surface area contributed by atoms with E-state index in [2.05, 4.69) is 10.3 Å². The van der Waals surface area contributed by atoms with Gasteiger partial charge in [-0.3, -0.25) is 9.59 Å². The molecule has 2 aromatic heterocycles. The highest BCUT2D eigenvalue weighted by atomic mass is 16.4. The summed E-state index contributed by atoms with van der Waals surface area (Å²) in [7, 11) is 0. The monoisotopic (exact) mass is 261 g/mol. The number of amides is 1. The van der Waals surface area contributed by atoms with Crippen LogP contribution in [0.4, 0.5) is 0 Å². The Hall–Kier alpha value is -2.37. The average molecular weight is 261 g/mol. The maximum absolute atomic E-state index is 11.6. The molecule has 6 heteroatoms. The second-order valence-corrected chi connectivity index (χ2v) is 4.22. The van der Waals surface area contributed by atoms with Crippen molar-refractivity contribution < 1.29 is 14.7 Å². The van der Waals surface area contributed by atoms with Crippen molar-refractivity contribution in [2.24, 2.45) is 0 Å². The van der Waals surface area contributed by atoms with Gasteiger partial charge in [0.1, 0.15) is 5.65 Å². The minimum atomic E-state index is -0.852. The predicted molar refractivity (Wildman–Crippen MR) is 68.8 cm³/mol. The molecule has 6 nitrogen and oxygen atoms in total. The number of aliphatic carboxylic acids is 1. The smallest absolute Gasteiger partial charge is 0.303 e. The second kappa shape index (κ2) is 5.99. The lowest BCUT2D eigenvalue weighted by Gasteiger charge is -2.01. The van der Waals surface area contributed by atoms with Crippen molar-refractivity contribution in [1.82, 2.24) is 14.7 Å². The molecule has 100 valence electrons. The molecule has 0 atom stereocenters. The zero-order chi connectivity index (χ0) is 13.7. The summed E-state index contributed by atoms with van der Waals surface area (Å²) in [4.78, 5) is 26.3. The number of hydrogen-bond acceptors (Lipinski definition) is 3. The molecule has 0 aliphatic heterocycles. The molecule has 2 rings (SSSR count). The molecule has 0 aromatic carbocycles. The summed E-state index contributed by atoms with van der Waals surface area (Å²) < 4.78 is 1.85. The SMILES string of the molecule is O=C(O)CCCNC(=O)Cc1cn2ccccc2n1. The van der Waals surface area contributed by atoms with Crippen molar-refractivity contribution in [3.05, 3.63) is 36.3 Å². The van der Waals surface area contributed by atoms with Crippen LogP contribution in [0.1, 0.15) is 18.5 Å². The molecule has 0 saturated carbocycles.